The number of anilines is 1. The van der Waals surface area contributed by atoms with Crippen LogP contribution in [-0.2, 0) is 4.74 Å². The average molecular weight is 280 g/mol. The van der Waals surface area contributed by atoms with Crippen molar-refractivity contribution in [3.8, 4) is 0 Å². The molecule has 0 unspecified atom stereocenters. The molecular weight excluding hydrogens is 256 g/mol. The van der Waals surface area contributed by atoms with E-state index in [4.69, 9.17) is 10.5 Å². The molecule has 0 saturated carbocycles. The van der Waals surface area contributed by atoms with Crippen LogP contribution in [0.1, 0.15) is 38.4 Å². The monoisotopic (exact) mass is 280 g/mol. The van der Waals surface area contributed by atoms with Crippen LogP contribution in [0.2, 0.25) is 0 Å². The summed E-state index contributed by atoms with van der Waals surface area (Å²) >= 11 is 0. The van der Waals surface area contributed by atoms with E-state index in [1.165, 1.54) is 0 Å². The van der Waals surface area contributed by atoms with Crippen LogP contribution in [0.5, 0.6) is 0 Å². The number of nitrogens with zero attached hydrogens (tertiary/aromatic N) is 2. The molecule has 1 saturated heterocycles. The summed E-state index contributed by atoms with van der Waals surface area (Å²) in [6, 6.07) is 1.58. The van der Waals surface area contributed by atoms with E-state index < -0.39 is 0 Å². The first-order chi connectivity index (χ1) is 9.60. The summed E-state index contributed by atoms with van der Waals surface area (Å²) < 4.78 is 5.66. The molecule has 0 bridgehead atoms. The van der Waals surface area contributed by atoms with Crippen molar-refractivity contribution in [1.29, 1.82) is 0 Å². The van der Waals surface area contributed by atoms with Gasteiger partial charge in [-0.2, -0.15) is 0 Å². The number of piperidine rings is 1. The number of rotatable bonds is 5. The lowest BCUT2D eigenvalue weighted by Gasteiger charge is -2.32. The number of ether oxygens (including phenoxy) is 1. The second-order valence-electron chi connectivity index (χ2n) is 5.49. The Kier molecular flexibility index (Phi) is 5.14. The normalized spacial score (nSPS) is 16.9. The summed E-state index contributed by atoms with van der Waals surface area (Å²) in [6.45, 7) is 6.95. The zero-order valence-corrected chi connectivity index (χ0v) is 12.3. The van der Waals surface area contributed by atoms with E-state index in [-0.39, 0.29) is 17.6 Å². The van der Waals surface area contributed by atoms with E-state index in [0.717, 1.165) is 37.6 Å². The van der Waals surface area contributed by atoms with Crippen molar-refractivity contribution in [2.45, 2.75) is 38.7 Å². The second-order valence-corrected chi connectivity index (χ2v) is 5.49. The lowest BCUT2D eigenvalue weighted by molar-refractivity contribution is 0.0421. The maximum atomic E-state index is 11.7. The molecule has 1 aliphatic rings. The van der Waals surface area contributed by atoms with Crippen molar-refractivity contribution in [2.75, 3.05) is 31.1 Å². The standard InChI is InChI=1S/C14H24N4O2/c1-10(2)14-16-12(9-13(19)17-14)18-6-3-11(4-7-18)20-8-5-15/h9-11H,3-8,15H2,1-2H3,(H,16,17,19). The fourth-order valence-electron chi connectivity index (χ4n) is 2.38. The number of nitrogens with one attached hydrogen (secondary N) is 1. The van der Waals surface area contributed by atoms with Crippen LogP contribution in [0.3, 0.4) is 0 Å². The molecule has 6 heteroatoms. The van der Waals surface area contributed by atoms with Gasteiger partial charge in [0.2, 0.25) is 0 Å². The van der Waals surface area contributed by atoms with Crippen LogP contribution in [0.15, 0.2) is 10.9 Å². The van der Waals surface area contributed by atoms with Crippen LogP contribution in [-0.4, -0.2) is 42.3 Å². The lowest BCUT2D eigenvalue weighted by Crippen LogP contribution is -2.38. The van der Waals surface area contributed by atoms with Gasteiger partial charge in [-0.1, -0.05) is 13.8 Å². The zero-order valence-electron chi connectivity index (χ0n) is 12.3. The molecule has 6 nitrogen and oxygen atoms in total. The fraction of sp³-hybridized carbons (Fsp3) is 0.714. The Morgan fingerprint density at radius 1 is 1.50 bits per heavy atom. The van der Waals surface area contributed by atoms with Gasteiger partial charge in [-0.3, -0.25) is 4.79 Å². The molecule has 0 radical (unpaired) electrons. The summed E-state index contributed by atoms with van der Waals surface area (Å²) in [6.07, 6.45) is 2.18. The third-order valence-electron chi connectivity index (χ3n) is 3.53. The highest BCUT2D eigenvalue weighted by molar-refractivity contribution is 5.38. The summed E-state index contributed by atoms with van der Waals surface area (Å²) in [7, 11) is 0. The molecule has 2 rings (SSSR count). The van der Waals surface area contributed by atoms with Crippen LogP contribution in [0, 0.1) is 0 Å². The van der Waals surface area contributed by atoms with E-state index in [1.54, 1.807) is 6.07 Å². The predicted molar refractivity (Wildman–Crippen MR) is 79.2 cm³/mol. The van der Waals surface area contributed by atoms with Crippen LogP contribution in [0.4, 0.5) is 5.82 Å². The highest BCUT2D eigenvalue weighted by atomic mass is 16.5. The molecular formula is C14H24N4O2. The molecule has 1 aromatic heterocycles. The predicted octanol–water partition coefficient (Wildman–Crippen LogP) is 0.837. The summed E-state index contributed by atoms with van der Waals surface area (Å²) in [5, 5.41) is 0. The molecule has 0 atom stereocenters. The van der Waals surface area contributed by atoms with Crippen molar-refractivity contribution < 1.29 is 4.74 Å². The van der Waals surface area contributed by atoms with E-state index in [0.29, 0.717) is 13.2 Å². The third kappa shape index (κ3) is 3.80. The van der Waals surface area contributed by atoms with Crippen LogP contribution in [0.25, 0.3) is 0 Å². The molecule has 2 heterocycles. The Bertz CT molecular complexity index is 478. The van der Waals surface area contributed by atoms with Crippen molar-refractivity contribution in [2.24, 2.45) is 5.73 Å². The SMILES string of the molecule is CC(C)c1nc(N2CCC(OCCN)CC2)cc(=O)[nH]1. The molecule has 0 amide bonds. The van der Waals surface area contributed by atoms with E-state index in [2.05, 4.69) is 14.9 Å². The van der Waals surface area contributed by atoms with Gasteiger partial charge in [0.15, 0.2) is 0 Å². The maximum absolute atomic E-state index is 11.7. The average Bonchev–Trinajstić information content (AvgIpc) is 2.45. The number of aromatic amines is 1. The van der Waals surface area contributed by atoms with Gasteiger partial charge in [0, 0.05) is 31.6 Å². The Labute approximate surface area is 119 Å². The lowest BCUT2D eigenvalue weighted by atomic mass is 10.1. The zero-order chi connectivity index (χ0) is 14.5. The van der Waals surface area contributed by atoms with Gasteiger partial charge in [-0.05, 0) is 12.8 Å². The quantitative estimate of drug-likeness (QED) is 0.835. The van der Waals surface area contributed by atoms with E-state index >= 15 is 0 Å². The van der Waals surface area contributed by atoms with Crippen molar-refractivity contribution >= 4 is 5.82 Å². The van der Waals surface area contributed by atoms with Crippen LogP contribution >= 0.6 is 0 Å². The smallest absolute Gasteiger partial charge is 0.252 e. The Hall–Kier alpha value is -1.40. The number of hydrogen-bond donors (Lipinski definition) is 2. The van der Waals surface area contributed by atoms with Crippen LogP contribution < -0.4 is 16.2 Å². The van der Waals surface area contributed by atoms with Gasteiger partial charge in [0.1, 0.15) is 11.6 Å². The van der Waals surface area contributed by atoms with E-state index in [9.17, 15) is 4.79 Å². The van der Waals surface area contributed by atoms with Gasteiger partial charge >= 0.3 is 0 Å². The first-order valence-corrected chi connectivity index (χ1v) is 7.28. The molecule has 0 spiro atoms. The molecule has 0 aromatic carbocycles. The van der Waals surface area contributed by atoms with Gasteiger partial charge in [-0.25, -0.2) is 4.98 Å². The number of H-pyrrole nitrogens is 1. The first kappa shape index (κ1) is 15.0. The van der Waals surface area contributed by atoms with Gasteiger partial charge in [0.05, 0.1) is 12.7 Å². The van der Waals surface area contributed by atoms with Gasteiger partial charge < -0.3 is 20.4 Å². The Morgan fingerprint density at radius 3 is 2.80 bits per heavy atom. The van der Waals surface area contributed by atoms with Gasteiger partial charge in [-0.15, -0.1) is 0 Å². The summed E-state index contributed by atoms with van der Waals surface area (Å²) in [5.74, 6) is 1.73. The minimum Gasteiger partial charge on any atom is -0.377 e. The highest BCUT2D eigenvalue weighted by Gasteiger charge is 2.21. The highest BCUT2D eigenvalue weighted by Crippen LogP contribution is 2.19. The van der Waals surface area contributed by atoms with Crippen molar-refractivity contribution in [3.05, 3.63) is 22.2 Å². The molecule has 1 aliphatic heterocycles. The van der Waals surface area contributed by atoms with Crippen molar-refractivity contribution in [3.63, 3.8) is 0 Å². The largest absolute Gasteiger partial charge is 0.377 e. The minimum atomic E-state index is -0.0831. The van der Waals surface area contributed by atoms with Gasteiger partial charge in [0.25, 0.3) is 5.56 Å². The molecule has 0 aliphatic carbocycles. The number of nitrogens with two attached hydrogens (primary N) is 1. The molecule has 20 heavy (non-hydrogen) atoms. The Morgan fingerprint density at radius 2 is 2.20 bits per heavy atom. The summed E-state index contributed by atoms with van der Waals surface area (Å²) in [4.78, 5) is 21.2. The second kappa shape index (κ2) is 6.85. The summed E-state index contributed by atoms with van der Waals surface area (Å²) in [5.41, 5.74) is 5.36. The Balaban J connectivity index is 2.01. The number of hydrogen-bond acceptors (Lipinski definition) is 5. The minimum absolute atomic E-state index is 0.0831. The maximum Gasteiger partial charge on any atom is 0.252 e. The topological polar surface area (TPSA) is 84.2 Å². The number of aromatic nitrogens is 2. The van der Waals surface area contributed by atoms with E-state index in [1.807, 2.05) is 13.8 Å². The fourth-order valence-corrected chi connectivity index (χ4v) is 2.38. The molecule has 1 aromatic rings. The molecule has 1 fully saturated rings. The van der Waals surface area contributed by atoms with Crippen molar-refractivity contribution in [1.82, 2.24) is 9.97 Å². The molecule has 3 N–H and O–H groups in total. The first-order valence-electron chi connectivity index (χ1n) is 7.28. The third-order valence-corrected chi connectivity index (χ3v) is 3.53. The molecule has 112 valence electrons.